The normalized spacial score (nSPS) is 29.5. The van der Waals surface area contributed by atoms with Crippen LogP contribution in [-0.4, -0.2) is 22.9 Å². The van der Waals surface area contributed by atoms with Crippen molar-refractivity contribution in [2.24, 2.45) is 7.05 Å². The third-order valence-electron chi connectivity index (χ3n) is 2.81. The Kier molecular flexibility index (Phi) is 1.68. The maximum Gasteiger partial charge on any atom is 0.0492 e. The maximum atomic E-state index is 4.20. The fourth-order valence-corrected chi connectivity index (χ4v) is 2.00. The standard InChI is InChI=1S/C9H15N3/c1-9(4-6-10-7-9)8-3-5-11-12(8)2/h3,5,10H,4,6-7H2,1-2H3. The molecule has 0 amide bonds. The molecule has 1 fully saturated rings. The fraction of sp³-hybridized carbons (Fsp3) is 0.667. The molecule has 2 heterocycles. The minimum absolute atomic E-state index is 0.297. The monoisotopic (exact) mass is 165 g/mol. The van der Waals surface area contributed by atoms with Crippen LogP contribution in [0.4, 0.5) is 0 Å². The minimum atomic E-state index is 0.297. The highest BCUT2D eigenvalue weighted by molar-refractivity contribution is 5.17. The van der Waals surface area contributed by atoms with Crippen LogP contribution < -0.4 is 5.32 Å². The average molecular weight is 165 g/mol. The number of aryl methyl sites for hydroxylation is 1. The van der Waals surface area contributed by atoms with Crippen LogP contribution in [-0.2, 0) is 12.5 Å². The van der Waals surface area contributed by atoms with Crippen molar-refractivity contribution >= 4 is 0 Å². The van der Waals surface area contributed by atoms with Gasteiger partial charge in [0.15, 0.2) is 0 Å². The molecule has 1 unspecified atom stereocenters. The molecule has 3 nitrogen and oxygen atoms in total. The van der Waals surface area contributed by atoms with Crippen LogP contribution in [0.3, 0.4) is 0 Å². The van der Waals surface area contributed by atoms with E-state index in [0.29, 0.717) is 5.41 Å². The number of nitrogens with one attached hydrogen (secondary N) is 1. The molecule has 0 radical (unpaired) electrons. The van der Waals surface area contributed by atoms with E-state index < -0.39 is 0 Å². The predicted molar refractivity (Wildman–Crippen MR) is 48.0 cm³/mol. The average Bonchev–Trinajstić information content (AvgIpc) is 2.59. The quantitative estimate of drug-likeness (QED) is 0.663. The lowest BCUT2D eigenvalue weighted by Gasteiger charge is -2.22. The zero-order valence-electron chi connectivity index (χ0n) is 7.67. The largest absolute Gasteiger partial charge is 0.316 e. The molecule has 1 aromatic rings. The lowest BCUT2D eigenvalue weighted by Crippen LogP contribution is -2.27. The van der Waals surface area contributed by atoms with E-state index in [2.05, 4.69) is 23.4 Å². The Hall–Kier alpha value is -0.830. The Morgan fingerprint density at radius 3 is 3.00 bits per heavy atom. The molecular formula is C9H15N3. The molecule has 0 bridgehead atoms. The van der Waals surface area contributed by atoms with E-state index in [-0.39, 0.29) is 0 Å². The smallest absolute Gasteiger partial charge is 0.0492 e. The highest BCUT2D eigenvalue weighted by Gasteiger charge is 2.32. The molecule has 1 aliphatic heterocycles. The second-order valence-corrected chi connectivity index (χ2v) is 3.83. The molecule has 0 aliphatic carbocycles. The lowest BCUT2D eigenvalue weighted by atomic mass is 9.86. The zero-order valence-corrected chi connectivity index (χ0v) is 7.67. The highest BCUT2D eigenvalue weighted by Crippen LogP contribution is 2.28. The predicted octanol–water partition coefficient (Wildman–Crippen LogP) is 0.671. The Morgan fingerprint density at radius 2 is 2.50 bits per heavy atom. The summed E-state index contributed by atoms with van der Waals surface area (Å²) in [6.45, 7) is 4.50. The molecule has 1 atom stereocenters. The Bertz CT molecular complexity index is 271. The van der Waals surface area contributed by atoms with Gasteiger partial charge in [0.2, 0.25) is 0 Å². The first-order valence-electron chi connectivity index (χ1n) is 4.42. The summed E-state index contributed by atoms with van der Waals surface area (Å²) in [5.41, 5.74) is 1.64. The van der Waals surface area contributed by atoms with E-state index in [1.54, 1.807) is 0 Å². The first kappa shape index (κ1) is 7.80. The van der Waals surface area contributed by atoms with Crippen molar-refractivity contribution in [1.29, 1.82) is 0 Å². The molecule has 0 spiro atoms. The van der Waals surface area contributed by atoms with Crippen molar-refractivity contribution < 1.29 is 0 Å². The molecule has 2 rings (SSSR count). The molecule has 1 aromatic heterocycles. The number of nitrogens with zero attached hydrogens (tertiary/aromatic N) is 2. The van der Waals surface area contributed by atoms with Gasteiger partial charge >= 0.3 is 0 Å². The molecule has 0 aromatic carbocycles. The van der Waals surface area contributed by atoms with Crippen molar-refractivity contribution in [1.82, 2.24) is 15.1 Å². The van der Waals surface area contributed by atoms with Gasteiger partial charge in [0.1, 0.15) is 0 Å². The Balaban J connectivity index is 2.34. The van der Waals surface area contributed by atoms with Gasteiger partial charge in [-0.25, -0.2) is 0 Å². The molecule has 66 valence electrons. The molecule has 1 N–H and O–H groups in total. The number of hydrogen-bond acceptors (Lipinski definition) is 2. The fourth-order valence-electron chi connectivity index (χ4n) is 2.00. The van der Waals surface area contributed by atoms with Gasteiger partial charge < -0.3 is 5.32 Å². The van der Waals surface area contributed by atoms with Crippen LogP contribution in [0, 0.1) is 0 Å². The Morgan fingerprint density at radius 1 is 1.67 bits per heavy atom. The first-order chi connectivity index (χ1) is 5.72. The van der Waals surface area contributed by atoms with Gasteiger partial charge in [0.25, 0.3) is 0 Å². The van der Waals surface area contributed by atoms with Crippen LogP contribution >= 0.6 is 0 Å². The van der Waals surface area contributed by atoms with E-state index in [1.807, 2.05) is 17.9 Å². The van der Waals surface area contributed by atoms with E-state index in [9.17, 15) is 0 Å². The van der Waals surface area contributed by atoms with E-state index >= 15 is 0 Å². The van der Waals surface area contributed by atoms with Crippen LogP contribution in [0.25, 0.3) is 0 Å². The summed E-state index contributed by atoms with van der Waals surface area (Å²) in [4.78, 5) is 0. The Labute approximate surface area is 72.8 Å². The van der Waals surface area contributed by atoms with Crippen LogP contribution in [0.5, 0.6) is 0 Å². The van der Waals surface area contributed by atoms with Crippen LogP contribution in [0.2, 0.25) is 0 Å². The van der Waals surface area contributed by atoms with Crippen molar-refractivity contribution in [3.63, 3.8) is 0 Å². The van der Waals surface area contributed by atoms with Crippen LogP contribution in [0.15, 0.2) is 12.3 Å². The third kappa shape index (κ3) is 1.05. The van der Waals surface area contributed by atoms with E-state index in [1.165, 1.54) is 12.1 Å². The summed E-state index contributed by atoms with van der Waals surface area (Å²) < 4.78 is 1.98. The lowest BCUT2D eigenvalue weighted by molar-refractivity contribution is 0.475. The second-order valence-electron chi connectivity index (χ2n) is 3.83. The summed E-state index contributed by atoms with van der Waals surface area (Å²) in [5.74, 6) is 0. The number of rotatable bonds is 1. The molecular weight excluding hydrogens is 150 g/mol. The maximum absolute atomic E-state index is 4.20. The van der Waals surface area contributed by atoms with Gasteiger partial charge in [-0.2, -0.15) is 5.10 Å². The van der Waals surface area contributed by atoms with Gasteiger partial charge in [-0.05, 0) is 19.0 Å². The number of hydrogen-bond donors (Lipinski definition) is 1. The molecule has 1 saturated heterocycles. The van der Waals surface area contributed by atoms with Gasteiger partial charge in [-0.15, -0.1) is 0 Å². The van der Waals surface area contributed by atoms with Crippen molar-refractivity contribution in [3.05, 3.63) is 18.0 Å². The summed E-state index contributed by atoms with van der Waals surface area (Å²) in [6, 6.07) is 2.12. The zero-order chi connectivity index (χ0) is 8.60. The summed E-state index contributed by atoms with van der Waals surface area (Å²) in [6.07, 6.45) is 3.09. The van der Waals surface area contributed by atoms with Gasteiger partial charge in [-0.3, -0.25) is 4.68 Å². The van der Waals surface area contributed by atoms with E-state index in [4.69, 9.17) is 0 Å². The van der Waals surface area contributed by atoms with E-state index in [0.717, 1.165) is 13.1 Å². The van der Waals surface area contributed by atoms with Gasteiger partial charge in [-0.1, -0.05) is 6.92 Å². The topological polar surface area (TPSA) is 29.9 Å². The molecule has 0 saturated carbocycles. The van der Waals surface area contributed by atoms with Crippen molar-refractivity contribution in [3.8, 4) is 0 Å². The minimum Gasteiger partial charge on any atom is -0.316 e. The molecule has 3 heteroatoms. The summed E-state index contributed by atoms with van der Waals surface area (Å²) >= 11 is 0. The van der Waals surface area contributed by atoms with Gasteiger partial charge in [0.05, 0.1) is 0 Å². The molecule has 12 heavy (non-hydrogen) atoms. The van der Waals surface area contributed by atoms with Gasteiger partial charge in [0, 0.05) is 30.9 Å². The summed E-state index contributed by atoms with van der Waals surface area (Å²) in [7, 11) is 2.01. The summed E-state index contributed by atoms with van der Waals surface area (Å²) in [5, 5.41) is 7.58. The SMILES string of the molecule is Cn1nccc1C1(C)CCNC1. The van der Waals surface area contributed by atoms with Crippen LogP contribution in [0.1, 0.15) is 19.0 Å². The third-order valence-corrected chi connectivity index (χ3v) is 2.81. The van der Waals surface area contributed by atoms with Crippen molar-refractivity contribution in [2.75, 3.05) is 13.1 Å². The first-order valence-corrected chi connectivity index (χ1v) is 4.42. The van der Waals surface area contributed by atoms with Crippen molar-refractivity contribution in [2.45, 2.75) is 18.8 Å². The highest BCUT2D eigenvalue weighted by atomic mass is 15.3. The second kappa shape index (κ2) is 2.59. The molecule has 1 aliphatic rings. The number of aromatic nitrogens is 2.